The van der Waals surface area contributed by atoms with Crippen molar-refractivity contribution in [2.24, 2.45) is 0 Å². The molecule has 2 rings (SSSR count). The number of hydrogen-bond donors (Lipinski definition) is 2. The maximum atomic E-state index is 10.5. The summed E-state index contributed by atoms with van der Waals surface area (Å²) in [5.74, 6) is -0.847. The molecule has 0 unspecified atom stereocenters. The molecular formula is C12H14N3NaO2S. The zero-order valence-electron chi connectivity index (χ0n) is 9.65. The second-order valence-electron chi connectivity index (χ2n) is 3.90. The van der Waals surface area contributed by atoms with E-state index in [0.717, 1.165) is 5.56 Å². The van der Waals surface area contributed by atoms with Crippen molar-refractivity contribution in [1.29, 1.82) is 0 Å². The monoisotopic (exact) mass is 287 g/mol. The van der Waals surface area contributed by atoms with E-state index in [9.17, 15) is 4.79 Å². The van der Waals surface area contributed by atoms with E-state index >= 15 is 0 Å². The summed E-state index contributed by atoms with van der Waals surface area (Å²) in [6, 6.07) is 9.84. The van der Waals surface area contributed by atoms with E-state index in [0.29, 0.717) is 23.7 Å². The fourth-order valence-electron chi connectivity index (χ4n) is 1.59. The van der Waals surface area contributed by atoms with Crippen LogP contribution in [0.15, 0.2) is 35.4 Å². The van der Waals surface area contributed by atoms with Gasteiger partial charge in [0.2, 0.25) is 0 Å². The maximum absolute atomic E-state index is 10.5. The molecule has 0 aliphatic heterocycles. The van der Waals surface area contributed by atoms with E-state index in [2.05, 4.69) is 22.9 Å². The molecule has 0 saturated carbocycles. The third-order valence-corrected chi connectivity index (χ3v) is 3.02. The molecule has 0 saturated heterocycles. The van der Waals surface area contributed by atoms with Gasteiger partial charge in [-0.15, -0.1) is 17.7 Å². The van der Waals surface area contributed by atoms with Crippen molar-refractivity contribution in [2.45, 2.75) is 24.4 Å². The van der Waals surface area contributed by atoms with E-state index in [1.807, 2.05) is 30.3 Å². The topological polar surface area (TPSA) is 68.0 Å². The third-order valence-electron chi connectivity index (χ3n) is 2.53. The summed E-state index contributed by atoms with van der Waals surface area (Å²) in [4.78, 5) is 10.5. The second-order valence-corrected chi connectivity index (χ2v) is 4.32. The molecule has 2 aromatic rings. The minimum atomic E-state index is -0.847. The van der Waals surface area contributed by atoms with Crippen LogP contribution in [0.25, 0.3) is 0 Å². The van der Waals surface area contributed by atoms with Crippen molar-refractivity contribution >= 4 is 48.2 Å². The summed E-state index contributed by atoms with van der Waals surface area (Å²) in [5.41, 5.74) is 1.72. The molecular weight excluding hydrogens is 273 g/mol. The molecule has 0 fully saturated rings. The zero-order valence-corrected chi connectivity index (χ0v) is 10.5. The van der Waals surface area contributed by atoms with Gasteiger partial charge in [-0.05, 0) is 5.56 Å². The molecule has 0 aliphatic carbocycles. The van der Waals surface area contributed by atoms with Gasteiger partial charge in [0.25, 0.3) is 0 Å². The number of aromatic nitrogens is 3. The van der Waals surface area contributed by atoms with Gasteiger partial charge in [-0.25, -0.2) is 4.68 Å². The minimum absolute atomic E-state index is 0. The first kappa shape index (κ1) is 16.2. The van der Waals surface area contributed by atoms with Gasteiger partial charge in [0.05, 0.1) is 18.7 Å². The van der Waals surface area contributed by atoms with Crippen LogP contribution < -0.4 is 0 Å². The predicted molar refractivity (Wildman–Crippen MR) is 75.9 cm³/mol. The van der Waals surface area contributed by atoms with Gasteiger partial charge in [0.15, 0.2) is 0 Å². The van der Waals surface area contributed by atoms with Crippen LogP contribution in [0.5, 0.6) is 0 Å². The van der Waals surface area contributed by atoms with E-state index in [1.54, 1.807) is 4.68 Å². The molecule has 0 atom stereocenters. The Morgan fingerprint density at radius 3 is 2.63 bits per heavy atom. The summed E-state index contributed by atoms with van der Waals surface area (Å²) in [7, 11) is 0. The van der Waals surface area contributed by atoms with Crippen molar-refractivity contribution in [2.75, 3.05) is 0 Å². The Morgan fingerprint density at radius 1 is 1.32 bits per heavy atom. The fourth-order valence-corrected chi connectivity index (χ4v) is 1.86. The number of nitrogens with zero attached hydrogens (tertiary/aromatic N) is 3. The summed E-state index contributed by atoms with van der Waals surface area (Å²) >= 11 is 4.34. The van der Waals surface area contributed by atoms with Crippen LogP contribution in [0.4, 0.5) is 0 Å². The Kier molecular flexibility index (Phi) is 6.57. The molecule has 0 bridgehead atoms. The van der Waals surface area contributed by atoms with E-state index in [1.165, 1.54) is 0 Å². The number of carboxylic acid groups (broad SMARTS) is 1. The van der Waals surface area contributed by atoms with Gasteiger partial charge in [-0.3, -0.25) is 4.79 Å². The Labute approximate surface area is 138 Å². The molecule has 0 amide bonds. The number of rotatable bonds is 5. The van der Waals surface area contributed by atoms with Crippen molar-refractivity contribution < 1.29 is 9.90 Å². The Hall–Kier alpha value is -0.820. The molecule has 1 N–H and O–H groups in total. The third kappa shape index (κ3) is 4.65. The first-order valence-electron chi connectivity index (χ1n) is 5.54. The van der Waals surface area contributed by atoms with Gasteiger partial charge >= 0.3 is 35.5 Å². The predicted octanol–water partition coefficient (Wildman–Crippen LogP) is 0.984. The number of aryl methyl sites for hydroxylation is 1. The standard InChI is InChI=1S/C12H13N3O2S.Na.H/c16-11(17)7-6-10-12(18)15(14-13-10)8-9-4-2-1-3-5-9;;/h1-5,18H,6-8H2,(H,16,17);;. The Balaban J connectivity index is 0.00000180. The van der Waals surface area contributed by atoms with Crippen LogP contribution >= 0.6 is 12.6 Å². The molecule has 0 aliphatic rings. The zero-order chi connectivity index (χ0) is 13.0. The summed E-state index contributed by atoms with van der Waals surface area (Å²) in [6.45, 7) is 0.583. The molecule has 1 aromatic heterocycles. The van der Waals surface area contributed by atoms with Crippen molar-refractivity contribution in [1.82, 2.24) is 15.0 Å². The van der Waals surface area contributed by atoms with Gasteiger partial charge in [0, 0.05) is 6.42 Å². The molecule has 7 heteroatoms. The van der Waals surface area contributed by atoms with Crippen LogP contribution in [-0.4, -0.2) is 55.6 Å². The van der Waals surface area contributed by atoms with E-state index in [-0.39, 0.29) is 36.0 Å². The molecule has 0 spiro atoms. The summed E-state index contributed by atoms with van der Waals surface area (Å²) in [5, 5.41) is 17.2. The second kappa shape index (κ2) is 7.69. The fraction of sp³-hybridized carbons (Fsp3) is 0.250. The first-order valence-corrected chi connectivity index (χ1v) is 5.98. The summed E-state index contributed by atoms with van der Waals surface area (Å²) in [6.07, 6.45) is 0.389. The molecule has 5 nitrogen and oxygen atoms in total. The summed E-state index contributed by atoms with van der Waals surface area (Å²) < 4.78 is 1.66. The number of hydrogen-bond acceptors (Lipinski definition) is 4. The van der Waals surface area contributed by atoms with E-state index in [4.69, 9.17) is 5.11 Å². The van der Waals surface area contributed by atoms with E-state index < -0.39 is 5.97 Å². The van der Waals surface area contributed by atoms with Crippen LogP contribution in [-0.2, 0) is 17.8 Å². The Bertz CT molecular complexity index is 545. The van der Waals surface area contributed by atoms with Crippen LogP contribution in [0.3, 0.4) is 0 Å². The number of thiol groups is 1. The molecule has 96 valence electrons. The molecule has 1 heterocycles. The van der Waals surface area contributed by atoms with Crippen molar-refractivity contribution in [3.8, 4) is 0 Å². The number of carboxylic acids is 1. The SMILES string of the molecule is O=C(O)CCc1nnn(Cc2ccccc2)c1S.[NaH]. The number of carbonyl (C=O) groups is 1. The molecule has 0 radical (unpaired) electrons. The quantitative estimate of drug-likeness (QED) is 0.635. The normalized spacial score (nSPS) is 9.95. The Morgan fingerprint density at radius 2 is 2.00 bits per heavy atom. The van der Waals surface area contributed by atoms with Gasteiger partial charge in [0.1, 0.15) is 5.03 Å². The molecule has 19 heavy (non-hydrogen) atoms. The van der Waals surface area contributed by atoms with Gasteiger partial charge in [-0.1, -0.05) is 35.5 Å². The first-order chi connectivity index (χ1) is 8.66. The van der Waals surface area contributed by atoms with Gasteiger partial charge in [-0.2, -0.15) is 0 Å². The number of benzene rings is 1. The van der Waals surface area contributed by atoms with Crippen LogP contribution in [0.2, 0.25) is 0 Å². The molecule has 1 aromatic carbocycles. The van der Waals surface area contributed by atoms with Crippen LogP contribution in [0.1, 0.15) is 17.7 Å². The average Bonchev–Trinajstić information content (AvgIpc) is 2.70. The van der Waals surface area contributed by atoms with Crippen molar-refractivity contribution in [3.05, 3.63) is 41.6 Å². The van der Waals surface area contributed by atoms with Crippen LogP contribution in [0, 0.1) is 0 Å². The average molecular weight is 287 g/mol. The van der Waals surface area contributed by atoms with Crippen molar-refractivity contribution in [3.63, 3.8) is 0 Å². The van der Waals surface area contributed by atoms with Gasteiger partial charge < -0.3 is 5.11 Å². The number of aliphatic carboxylic acids is 1.